The van der Waals surface area contributed by atoms with Gasteiger partial charge in [0, 0.05) is 0 Å². The van der Waals surface area contributed by atoms with Gasteiger partial charge in [0.2, 0.25) is 5.71 Å². The van der Waals surface area contributed by atoms with Crippen molar-refractivity contribution >= 4 is 16.9 Å². The van der Waals surface area contributed by atoms with Crippen LogP contribution >= 0.6 is 0 Å². The Balaban J connectivity index is 2.80. The average molecular weight is 178 g/mol. The van der Waals surface area contributed by atoms with E-state index in [9.17, 15) is 0 Å². The van der Waals surface area contributed by atoms with Crippen molar-refractivity contribution in [1.29, 1.82) is 0 Å². The minimum absolute atomic E-state index is 0.568. The molecule has 0 amide bonds. The van der Waals surface area contributed by atoms with Crippen LogP contribution in [0.4, 0.5) is 5.82 Å². The summed E-state index contributed by atoms with van der Waals surface area (Å²) in [5, 5.41) is 0.811. The van der Waals surface area contributed by atoms with Crippen LogP contribution in [0.2, 0.25) is 0 Å². The SMILES string of the molecule is Cc1nc(NN)c2cc(C)oc2n1. The number of aromatic nitrogens is 2. The second kappa shape index (κ2) is 2.70. The number of nitrogens with two attached hydrogens (primary N) is 1. The van der Waals surface area contributed by atoms with Crippen molar-refractivity contribution in [3.05, 3.63) is 17.7 Å². The Bertz CT molecular complexity index is 449. The highest BCUT2D eigenvalue weighted by Crippen LogP contribution is 2.22. The monoisotopic (exact) mass is 178 g/mol. The van der Waals surface area contributed by atoms with E-state index in [1.165, 1.54) is 0 Å². The van der Waals surface area contributed by atoms with Crippen LogP contribution in [-0.4, -0.2) is 9.97 Å². The smallest absolute Gasteiger partial charge is 0.231 e. The lowest BCUT2D eigenvalue weighted by Gasteiger charge is -1.99. The Hall–Kier alpha value is -1.62. The summed E-state index contributed by atoms with van der Waals surface area (Å²) in [5.41, 5.74) is 3.08. The number of hydrazine groups is 1. The lowest BCUT2D eigenvalue weighted by Crippen LogP contribution is -2.09. The summed E-state index contributed by atoms with van der Waals surface area (Å²) in [6.45, 7) is 3.65. The minimum Gasteiger partial charge on any atom is -0.443 e. The van der Waals surface area contributed by atoms with Crippen molar-refractivity contribution in [2.45, 2.75) is 13.8 Å². The number of hydrogen-bond donors (Lipinski definition) is 2. The molecule has 5 nitrogen and oxygen atoms in total. The lowest BCUT2D eigenvalue weighted by molar-refractivity contribution is 0.566. The van der Waals surface area contributed by atoms with Gasteiger partial charge in [0.1, 0.15) is 11.6 Å². The Morgan fingerprint density at radius 3 is 2.85 bits per heavy atom. The molecule has 0 spiro atoms. The van der Waals surface area contributed by atoms with Crippen LogP contribution in [0.5, 0.6) is 0 Å². The predicted molar refractivity (Wildman–Crippen MR) is 49.1 cm³/mol. The van der Waals surface area contributed by atoms with Crippen molar-refractivity contribution in [1.82, 2.24) is 9.97 Å². The maximum Gasteiger partial charge on any atom is 0.231 e. The van der Waals surface area contributed by atoms with Crippen LogP contribution in [0, 0.1) is 13.8 Å². The standard InChI is InChI=1S/C8H10N4O/c1-4-3-6-7(12-9)10-5(2)11-8(6)13-4/h3H,9H2,1-2H3,(H,10,11,12). The van der Waals surface area contributed by atoms with Gasteiger partial charge in [0.25, 0.3) is 0 Å². The van der Waals surface area contributed by atoms with Crippen LogP contribution in [0.3, 0.4) is 0 Å². The van der Waals surface area contributed by atoms with E-state index in [2.05, 4.69) is 15.4 Å². The lowest BCUT2D eigenvalue weighted by atomic mass is 10.3. The fourth-order valence-electron chi connectivity index (χ4n) is 1.26. The topological polar surface area (TPSA) is 77.0 Å². The highest BCUT2D eigenvalue weighted by molar-refractivity contribution is 5.85. The first-order valence-corrected chi connectivity index (χ1v) is 3.92. The molecule has 0 unspecified atom stereocenters. The summed E-state index contributed by atoms with van der Waals surface area (Å²) in [6.07, 6.45) is 0. The molecule has 0 aliphatic carbocycles. The van der Waals surface area contributed by atoms with Gasteiger partial charge in [-0.2, -0.15) is 4.98 Å². The number of hydrogen-bond acceptors (Lipinski definition) is 5. The van der Waals surface area contributed by atoms with Gasteiger partial charge in [-0.3, -0.25) is 0 Å². The maximum absolute atomic E-state index is 5.34. The number of fused-ring (bicyclic) bond motifs is 1. The van der Waals surface area contributed by atoms with Crippen LogP contribution in [0.1, 0.15) is 11.6 Å². The zero-order valence-electron chi connectivity index (χ0n) is 7.46. The van der Waals surface area contributed by atoms with E-state index < -0.39 is 0 Å². The highest BCUT2D eigenvalue weighted by atomic mass is 16.3. The number of anilines is 1. The average Bonchev–Trinajstić information content (AvgIpc) is 2.43. The highest BCUT2D eigenvalue weighted by Gasteiger charge is 2.08. The van der Waals surface area contributed by atoms with Gasteiger partial charge in [-0.25, -0.2) is 10.8 Å². The molecule has 0 radical (unpaired) electrons. The van der Waals surface area contributed by atoms with E-state index in [0.29, 0.717) is 17.4 Å². The van der Waals surface area contributed by atoms with Crippen molar-refractivity contribution < 1.29 is 4.42 Å². The first-order chi connectivity index (χ1) is 6.20. The summed E-state index contributed by atoms with van der Waals surface area (Å²) in [4.78, 5) is 8.26. The zero-order valence-corrected chi connectivity index (χ0v) is 7.46. The number of furan rings is 1. The molecule has 2 heterocycles. The molecule has 13 heavy (non-hydrogen) atoms. The molecular weight excluding hydrogens is 168 g/mol. The van der Waals surface area contributed by atoms with Gasteiger partial charge >= 0.3 is 0 Å². The van der Waals surface area contributed by atoms with Gasteiger partial charge in [-0.15, -0.1) is 0 Å². The maximum atomic E-state index is 5.34. The minimum atomic E-state index is 0.568. The van der Waals surface area contributed by atoms with Crippen molar-refractivity contribution in [3.8, 4) is 0 Å². The summed E-state index contributed by atoms with van der Waals surface area (Å²) in [5.74, 6) is 7.34. The second-order valence-electron chi connectivity index (χ2n) is 2.84. The predicted octanol–water partition coefficient (Wildman–Crippen LogP) is 1.13. The van der Waals surface area contributed by atoms with Crippen LogP contribution < -0.4 is 11.3 Å². The molecule has 2 aromatic rings. The summed E-state index contributed by atoms with van der Waals surface area (Å²) < 4.78 is 5.34. The van der Waals surface area contributed by atoms with Gasteiger partial charge in [0.05, 0.1) is 5.39 Å². The summed E-state index contributed by atoms with van der Waals surface area (Å²) in [7, 11) is 0. The number of nitrogens with zero attached hydrogens (tertiary/aromatic N) is 2. The van der Waals surface area contributed by atoms with E-state index in [1.807, 2.05) is 13.0 Å². The third kappa shape index (κ3) is 1.23. The molecule has 0 aromatic carbocycles. The molecule has 0 aliphatic rings. The van der Waals surface area contributed by atoms with Crippen molar-refractivity contribution in [3.63, 3.8) is 0 Å². The van der Waals surface area contributed by atoms with Crippen LogP contribution in [-0.2, 0) is 0 Å². The molecule has 3 N–H and O–H groups in total. The van der Waals surface area contributed by atoms with E-state index >= 15 is 0 Å². The largest absolute Gasteiger partial charge is 0.443 e. The molecule has 0 saturated carbocycles. The zero-order chi connectivity index (χ0) is 9.42. The number of nitrogen functional groups attached to an aromatic ring is 1. The Morgan fingerprint density at radius 1 is 1.38 bits per heavy atom. The van der Waals surface area contributed by atoms with Gasteiger partial charge < -0.3 is 9.84 Å². The van der Waals surface area contributed by atoms with Gasteiger partial charge in [-0.1, -0.05) is 0 Å². The fourth-order valence-corrected chi connectivity index (χ4v) is 1.26. The normalized spacial score (nSPS) is 10.7. The van der Waals surface area contributed by atoms with Gasteiger partial charge in [0.15, 0.2) is 5.82 Å². The molecule has 0 saturated heterocycles. The Labute approximate surface area is 74.9 Å². The van der Waals surface area contributed by atoms with E-state index in [0.717, 1.165) is 11.1 Å². The van der Waals surface area contributed by atoms with Crippen molar-refractivity contribution in [2.75, 3.05) is 5.43 Å². The van der Waals surface area contributed by atoms with E-state index in [1.54, 1.807) is 6.92 Å². The Kier molecular flexibility index (Phi) is 1.66. The molecule has 0 aliphatic heterocycles. The Morgan fingerprint density at radius 2 is 2.15 bits per heavy atom. The molecule has 0 bridgehead atoms. The quantitative estimate of drug-likeness (QED) is 0.505. The number of nitrogens with one attached hydrogen (secondary N) is 1. The van der Waals surface area contributed by atoms with E-state index in [4.69, 9.17) is 10.3 Å². The first kappa shape index (κ1) is 8.00. The number of aryl methyl sites for hydroxylation is 2. The third-order valence-corrected chi connectivity index (χ3v) is 1.76. The van der Waals surface area contributed by atoms with Crippen LogP contribution in [0.25, 0.3) is 11.1 Å². The number of rotatable bonds is 1. The molecular formula is C8H10N4O. The molecule has 0 atom stereocenters. The van der Waals surface area contributed by atoms with E-state index in [-0.39, 0.29) is 0 Å². The molecule has 68 valence electrons. The molecule has 2 aromatic heterocycles. The second-order valence-corrected chi connectivity index (χ2v) is 2.84. The van der Waals surface area contributed by atoms with Crippen molar-refractivity contribution in [2.24, 2.45) is 5.84 Å². The molecule has 2 rings (SSSR count). The first-order valence-electron chi connectivity index (χ1n) is 3.92. The van der Waals surface area contributed by atoms with Gasteiger partial charge in [-0.05, 0) is 19.9 Å². The fraction of sp³-hybridized carbons (Fsp3) is 0.250. The molecule has 0 fully saturated rings. The summed E-state index contributed by atoms with van der Waals surface area (Å²) >= 11 is 0. The third-order valence-electron chi connectivity index (χ3n) is 1.76. The summed E-state index contributed by atoms with van der Waals surface area (Å²) in [6, 6.07) is 1.85. The molecule has 5 heteroatoms. The van der Waals surface area contributed by atoms with Crippen LogP contribution in [0.15, 0.2) is 10.5 Å².